The first-order valence-electron chi connectivity index (χ1n) is 3.52. The summed E-state index contributed by atoms with van der Waals surface area (Å²) in [5.74, 6) is 0. The molecule has 0 bridgehead atoms. The van der Waals surface area contributed by atoms with E-state index < -0.39 is 0 Å². The summed E-state index contributed by atoms with van der Waals surface area (Å²) < 4.78 is 0. The van der Waals surface area contributed by atoms with E-state index in [2.05, 4.69) is 0 Å². The maximum absolute atomic E-state index is 8.85. The number of rotatable bonds is 1. The lowest BCUT2D eigenvalue weighted by atomic mass is 10.1. The van der Waals surface area contributed by atoms with Crippen LogP contribution in [0.25, 0.3) is 0 Å². The second kappa shape index (κ2) is 3.24. The average molecular weight is 171 g/mol. The lowest BCUT2D eigenvalue weighted by molar-refractivity contribution is 0.282. The quantitative estimate of drug-likeness (QED) is 0.687. The third-order valence-corrected chi connectivity index (χ3v) is 2.43. The van der Waals surface area contributed by atoms with E-state index >= 15 is 0 Å². The molecule has 2 heteroatoms. The van der Waals surface area contributed by atoms with Crippen LogP contribution in [0.15, 0.2) is 12.1 Å². The van der Waals surface area contributed by atoms with Gasteiger partial charge in [0.1, 0.15) is 0 Å². The van der Waals surface area contributed by atoms with E-state index in [-0.39, 0.29) is 6.61 Å². The highest BCUT2D eigenvalue weighted by Gasteiger charge is 2.03. The van der Waals surface area contributed by atoms with E-state index in [0.29, 0.717) is 5.02 Å². The summed E-state index contributed by atoms with van der Waals surface area (Å²) in [6, 6.07) is 3.82. The topological polar surface area (TPSA) is 20.2 Å². The second-order valence-corrected chi connectivity index (χ2v) is 3.02. The fourth-order valence-corrected chi connectivity index (χ4v) is 1.23. The van der Waals surface area contributed by atoms with Gasteiger partial charge in [0, 0.05) is 5.02 Å². The molecule has 0 unspecified atom stereocenters. The molecule has 0 aliphatic carbocycles. The number of aliphatic hydroxyl groups excluding tert-OH is 1. The van der Waals surface area contributed by atoms with Crippen molar-refractivity contribution in [2.45, 2.75) is 20.5 Å². The number of hydrogen-bond acceptors (Lipinski definition) is 1. The predicted octanol–water partition coefficient (Wildman–Crippen LogP) is 2.45. The highest BCUT2D eigenvalue weighted by atomic mass is 35.5. The van der Waals surface area contributed by atoms with Gasteiger partial charge in [0.25, 0.3) is 0 Å². The molecule has 0 atom stereocenters. The molecule has 0 heterocycles. The van der Waals surface area contributed by atoms with E-state index in [1.807, 2.05) is 26.0 Å². The van der Waals surface area contributed by atoms with E-state index in [0.717, 1.165) is 16.7 Å². The van der Waals surface area contributed by atoms with Crippen LogP contribution in [0.1, 0.15) is 16.7 Å². The molecule has 1 N–H and O–H groups in total. The van der Waals surface area contributed by atoms with E-state index in [1.54, 1.807) is 0 Å². The molecule has 0 aliphatic heterocycles. The highest BCUT2D eigenvalue weighted by Crippen LogP contribution is 2.23. The summed E-state index contributed by atoms with van der Waals surface area (Å²) in [5.41, 5.74) is 3.01. The van der Waals surface area contributed by atoms with Gasteiger partial charge in [-0.05, 0) is 30.5 Å². The third-order valence-electron chi connectivity index (χ3n) is 1.91. The summed E-state index contributed by atoms with van der Waals surface area (Å²) >= 11 is 5.94. The minimum Gasteiger partial charge on any atom is -0.392 e. The minimum atomic E-state index is 0.0138. The van der Waals surface area contributed by atoms with Crippen molar-refractivity contribution in [2.75, 3.05) is 0 Å². The first kappa shape index (κ1) is 8.57. The van der Waals surface area contributed by atoms with Crippen LogP contribution < -0.4 is 0 Å². The Balaban J connectivity index is 3.25. The fourth-order valence-electron chi connectivity index (χ4n) is 0.960. The Hall–Kier alpha value is -0.530. The number of benzene rings is 1. The van der Waals surface area contributed by atoms with Gasteiger partial charge in [0.2, 0.25) is 0 Å². The van der Waals surface area contributed by atoms with Crippen molar-refractivity contribution in [3.05, 3.63) is 33.8 Å². The van der Waals surface area contributed by atoms with Crippen molar-refractivity contribution in [3.63, 3.8) is 0 Å². The summed E-state index contributed by atoms with van der Waals surface area (Å²) in [5, 5.41) is 9.54. The van der Waals surface area contributed by atoms with Gasteiger partial charge < -0.3 is 5.11 Å². The summed E-state index contributed by atoms with van der Waals surface area (Å²) in [7, 11) is 0. The number of halogens is 1. The number of hydrogen-bond donors (Lipinski definition) is 1. The van der Waals surface area contributed by atoms with Crippen LogP contribution in [0.3, 0.4) is 0 Å². The smallest absolute Gasteiger partial charge is 0.0696 e. The van der Waals surface area contributed by atoms with Crippen LogP contribution in [-0.2, 0) is 6.61 Å². The van der Waals surface area contributed by atoms with Gasteiger partial charge in [-0.2, -0.15) is 0 Å². The molecule has 0 amide bonds. The van der Waals surface area contributed by atoms with Crippen molar-refractivity contribution >= 4 is 11.6 Å². The molecule has 0 radical (unpaired) electrons. The van der Waals surface area contributed by atoms with Crippen LogP contribution in [0, 0.1) is 13.8 Å². The van der Waals surface area contributed by atoms with Crippen molar-refractivity contribution < 1.29 is 5.11 Å². The molecule has 1 aromatic carbocycles. The molecule has 0 saturated carbocycles. The Bertz CT molecular complexity index is 269. The zero-order valence-electron chi connectivity index (χ0n) is 6.69. The zero-order valence-corrected chi connectivity index (χ0v) is 7.44. The Labute approximate surface area is 71.6 Å². The number of aryl methyl sites for hydroxylation is 1. The SMILES string of the molecule is Cc1ccc(CO)c(Cl)c1C. The number of aliphatic hydroxyl groups is 1. The largest absolute Gasteiger partial charge is 0.392 e. The van der Waals surface area contributed by atoms with Gasteiger partial charge in [0.05, 0.1) is 6.61 Å². The lowest BCUT2D eigenvalue weighted by Gasteiger charge is -2.06. The summed E-state index contributed by atoms with van der Waals surface area (Å²) in [6.07, 6.45) is 0. The monoisotopic (exact) mass is 170 g/mol. The van der Waals surface area contributed by atoms with Crippen LogP contribution in [0.4, 0.5) is 0 Å². The molecular weight excluding hydrogens is 160 g/mol. The highest BCUT2D eigenvalue weighted by molar-refractivity contribution is 6.32. The first-order chi connectivity index (χ1) is 5.16. The van der Waals surface area contributed by atoms with Gasteiger partial charge in [-0.1, -0.05) is 23.7 Å². The average Bonchev–Trinajstić information content (AvgIpc) is 2.01. The standard InChI is InChI=1S/C9H11ClO/c1-6-3-4-8(5-11)9(10)7(6)2/h3-4,11H,5H2,1-2H3. The maximum atomic E-state index is 8.85. The van der Waals surface area contributed by atoms with Crippen molar-refractivity contribution in [3.8, 4) is 0 Å². The summed E-state index contributed by atoms with van der Waals surface area (Å²) in [4.78, 5) is 0. The summed E-state index contributed by atoms with van der Waals surface area (Å²) in [6.45, 7) is 3.97. The molecule has 60 valence electrons. The first-order valence-corrected chi connectivity index (χ1v) is 3.90. The van der Waals surface area contributed by atoms with E-state index in [4.69, 9.17) is 16.7 Å². The Morgan fingerprint density at radius 2 is 2.00 bits per heavy atom. The predicted molar refractivity (Wildman–Crippen MR) is 46.8 cm³/mol. The van der Waals surface area contributed by atoms with Gasteiger partial charge in [-0.25, -0.2) is 0 Å². The molecule has 0 saturated heterocycles. The molecule has 1 rings (SSSR count). The van der Waals surface area contributed by atoms with Gasteiger partial charge in [-0.15, -0.1) is 0 Å². The lowest BCUT2D eigenvalue weighted by Crippen LogP contribution is -1.89. The fraction of sp³-hybridized carbons (Fsp3) is 0.333. The molecule has 11 heavy (non-hydrogen) atoms. The van der Waals surface area contributed by atoms with E-state index in [1.165, 1.54) is 0 Å². The molecule has 0 fully saturated rings. The van der Waals surface area contributed by atoms with Crippen molar-refractivity contribution in [2.24, 2.45) is 0 Å². The Kier molecular flexibility index (Phi) is 2.53. The minimum absolute atomic E-state index is 0.0138. The zero-order chi connectivity index (χ0) is 8.43. The molecule has 1 aromatic rings. The Morgan fingerprint density at radius 3 is 2.55 bits per heavy atom. The second-order valence-electron chi connectivity index (χ2n) is 2.64. The maximum Gasteiger partial charge on any atom is 0.0696 e. The molecular formula is C9H11ClO. The van der Waals surface area contributed by atoms with Gasteiger partial charge in [-0.3, -0.25) is 0 Å². The van der Waals surface area contributed by atoms with E-state index in [9.17, 15) is 0 Å². The van der Waals surface area contributed by atoms with Crippen LogP contribution in [0.2, 0.25) is 5.02 Å². The molecule has 1 nitrogen and oxygen atoms in total. The third kappa shape index (κ3) is 1.55. The van der Waals surface area contributed by atoms with Crippen LogP contribution in [-0.4, -0.2) is 5.11 Å². The van der Waals surface area contributed by atoms with Gasteiger partial charge in [0.15, 0.2) is 0 Å². The molecule has 0 aliphatic rings. The van der Waals surface area contributed by atoms with Crippen molar-refractivity contribution in [1.82, 2.24) is 0 Å². The van der Waals surface area contributed by atoms with Crippen LogP contribution >= 0.6 is 11.6 Å². The normalized spacial score (nSPS) is 10.2. The molecule has 0 spiro atoms. The molecule has 0 aromatic heterocycles. The Morgan fingerprint density at radius 1 is 1.36 bits per heavy atom. The van der Waals surface area contributed by atoms with Crippen LogP contribution in [0.5, 0.6) is 0 Å². The van der Waals surface area contributed by atoms with Crippen molar-refractivity contribution in [1.29, 1.82) is 0 Å². The van der Waals surface area contributed by atoms with Gasteiger partial charge >= 0.3 is 0 Å².